The van der Waals surface area contributed by atoms with Crippen LogP contribution >= 0.6 is 0 Å². The Bertz CT molecular complexity index is 2250. The van der Waals surface area contributed by atoms with Gasteiger partial charge in [-0.1, -0.05) is 110 Å². The fourth-order valence-corrected chi connectivity index (χ4v) is 12.4. The van der Waals surface area contributed by atoms with Crippen molar-refractivity contribution in [2.75, 3.05) is 9.80 Å². The van der Waals surface area contributed by atoms with Gasteiger partial charge < -0.3 is 9.80 Å². The minimum atomic E-state index is 0.577. The maximum atomic E-state index is 2.96. The molecule has 2 heterocycles. The van der Waals surface area contributed by atoms with Gasteiger partial charge in [0.2, 0.25) is 0 Å². The van der Waals surface area contributed by atoms with Gasteiger partial charge in [-0.05, 0) is 150 Å². The van der Waals surface area contributed by atoms with Crippen molar-refractivity contribution in [2.24, 2.45) is 23.7 Å². The van der Waals surface area contributed by atoms with Gasteiger partial charge in [-0.2, -0.15) is 0 Å². The summed E-state index contributed by atoms with van der Waals surface area (Å²) in [6.07, 6.45) is 13.9. The van der Waals surface area contributed by atoms with Crippen molar-refractivity contribution in [3.63, 3.8) is 0 Å². The lowest BCUT2D eigenvalue weighted by Gasteiger charge is -2.44. The maximum absolute atomic E-state index is 2.96. The minimum absolute atomic E-state index is 0.577. The molecule has 2 aliphatic heterocycles. The van der Waals surface area contributed by atoms with Crippen molar-refractivity contribution in [1.29, 1.82) is 0 Å². The van der Waals surface area contributed by atoms with Crippen molar-refractivity contribution >= 4 is 38.6 Å². The van der Waals surface area contributed by atoms with Crippen LogP contribution in [0.4, 0.5) is 17.1 Å². The molecule has 2 heteroatoms. The van der Waals surface area contributed by atoms with Gasteiger partial charge in [0, 0.05) is 41.1 Å². The first-order valence-electron chi connectivity index (χ1n) is 20.5. The van der Waals surface area contributed by atoms with Crippen molar-refractivity contribution < 1.29 is 0 Å². The molecule has 260 valence electrons. The quantitative estimate of drug-likeness (QED) is 0.183. The molecule has 0 aromatic heterocycles. The Balaban J connectivity index is 0.835. The van der Waals surface area contributed by atoms with E-state index in [1.54, 1.807) is 5.56 Å². The average Bonchev–Trinajstić information content (AvgIpc) is 3.73. The Morgan fingerprint density at radius 3 is 1.87 bits per heavy atom. The van der Waals surface area contributed by atoms with Crippen LogP contribution in [0.3, 0.4) is 0 Å². The summed E-state index contributed by atoms with van der Waals surface area (Å²) in [4.78, 5) is 5.69. The second kappa shape index (κ2) is 12.5. The lowest BCUT2D eigenvalue weighted by molar-refractivity contribution is 0.118. The van der Waals surface area contributed by atoms with E-state index in [0.717, 1.165) is 29.7 Å². The summed E-state index contributed by atoms with van der Waals surface area (Å²) in [6, 6.07) is 52.7. The SMILES string of the molecule is c1ccc2c(c1)C1CC(C3CCC4C(C3)C3CCCCC3N4c3ccc(-c4ccc5ccccc5c4)cc3)CCC1N2c1ccc2ccccc2c1. The molecule has 11 rings (SSSR count). The molecule has 0 N–H and O–H groups in total. The van der Waals surface area contributed by atoms with E-state index in [2.05, 4.69) is 143 Å². The molecule has 3 saturated carbocycles. The molecule has 2 nitrogen and oxygen atoms in total. The smallest absolute Gasteiger partial charge is 0.0449 e. The van der Waals surface area contributed by atoms with Crippen LogP contribution in [0.1, 0.15) is 75.7 Å². The lowest BCUT2D eigenvalue weighted by atomic mass is 9.63. The molecule has 0 spiro atoms. The molecular formula is C50H50N2. The number of fused-ring (bicyclic) bond motifs is 8. The third-order valence-corrected chi connectivity index (χ3v) is 14.7. The number of nitrogens with zero attached hydrogens (tertiary/aromatic N) is 2. The Morgan fingerprint density at radius 2 is 1.04 bits per heavy atom. The van der Waals surface area contributed by atoms with Crippen LogP contribution in [0.15, 0.2) is 133 Å². The van der Waals surface area contributed by atoms with Crippen LogP contribution in [0.5, 0.6) is 0 Å². The molecule has 8 atom stereocenters. The molecule has 0 bridgehead atoms. The summed E-state index contributed by atoms with van der Waals surface area (Å²) in [5.74, 6) is 4.09. The summed E-state index contributed by atoms with van der Waals surface area (Å²) in [7, 11) is 0. The monoisotopic (exact) mass is 678 g/mol. The molecule has 0 amide bonds. The number of benzene rings is 6. The largest absolute Gasteiger partial charge is 0.365 e. The highest BCUT2D eigenvalue weighted by molar-refractivity contribution is 5.89. The standard InChI is InChI=1S/C50H50N2/c1-3-11-36-29-38(18-17-33(36)9-1)35-19-24-41(25-20-35)51-47-15-7-5-13-43(47)45-31-39(22-27-49(45)51)40-23-28-50-46(32-40)44-14-6-8-16-48(44)52(50)42-26-21-34-10-2-4-12-37(34)30-42/h1-4,6,8-12,14,16-21,24-26,29-30,39-40,43,45-47,49-50H,5,7,13,15,22-23,27-28,31-32H2. The molecule has 3 aliphatic carbocycles. The summed E-state index contributed by atoms with van der Waals surface area (Å²) in [5, 5.41) is 5.31. The predicted octanol–water partition coefficient (Wildman–Crippen LogP) is 12.9. The fourth-order valence-electron chi connectivity index (χ4n) is 12.4. The van der Waals surface area contributed by atoms with Crippen LogP contribution in [0.25, 0.3) is 32.7 Å². The van der Waals surface area contributed by atoms with Crippen LogP contribution in [-0.4, -0.2) is 18.1 Å². The van der Waals surface area contributed by atoms with E-state index in [4.69, 9.17) is 0 Å². The summed E-state index contributed by atoms with van der Waals surface area (Å²) in [5.41, 5.74) is 8.56. The molecule has 6 aromatic rings. The molecule has 5 aliphatic rings. The van der Waals surface area contributed by atoms with Gasteiger partial charge in [0.1, 0.15) is 0 Å². The van der Waals surface area contributed by atoms with Crippen molar-refractivity contribution in [1.82, 2.24) is 0 Å². The molecule has 6 aromatic carbocycles. The first-order valence-corrected chi connectivity index (χ1v) is 20.5. The first-order chi connectivity index (χ1) is 25.8. The van der Waals surface area contributed by atoms with Gasteiger partial charge in [-0.3, -0.25) is 0 Å². The van der Waals surface area contributed by atoms with Crippen LogP contribution in [0, 0.1) is 23.7 Å². The zero-order valence-electron chi connectivity index (χ0n) is 30.3. The van der Waals surface area contributed by atoms with E-state index in [9.17, 15) is 0 Å². The highest BCUT2D eigenvalue weighted by atomic mass is 15.2. The van der Waals surface area contributed by atoms with E-state index in [-0.39, 0.29) is 0 Å². The van der Waals surface area contributed by atoms with Gasteiger partial charge in [-0.15, -0.1) is 0 Å². The highest BCUT2D eigenvalue weighted by Crippen LogP contribution is 2.57. The third-order valence-electron chi connectivity index (χ3n) is 14.7. The van der Waals surface area contributed by atoms with E-state index in [1.165, 1.54) is 114 Å². The number of para-hydroxylation sites is 1. The fraction of sp³-hybridized carbons (Fsp3) is 0.360. The van der Waals surface area contributed by atoms with Gasteiger partial charge in [0.25, 0.3) is 0 Å². The predicted molar refractivity (Wildman–Crippen MR) is 219 cm³/mol. The summed E-state index contributed by atoms with van der Waals surface area (Å²) >= 11 is 0. The van der Waals surface area contributed by atoms with Gasteiger partial charge >= 0.3 is 0 Å². The Morgan fingerprint density at radius 1 is 0.423 bits per heavy atom. The molecular weight excluding hydrogens is 629 g/mol. The Kier molecular flexibility index (Phi) is 7.48. The molecule has 1 saturated heterocycles. The number of rotatable bonds is 4. The first kappa shape index (κ1) is 31.0. The summed E-state index contributed by atoms with van der Waals surface area (Å²) in [6.45, 7) is 0. The van der Waals surface area contributed by atoms with E-state index in [1.807, 2.05) is 0 Å². The average molecular weight is 679 g/mol. The van der Waals surface area contributed by atoms with E-state index < -0.39 is 0 Å². The Hall–Kier alpha value is -4.56. The molecule has 0 radical (unpaired) electrons. The number of anilines is 3. The third kappa shape index (κ3) is 5.04. The van der Waals surface area contributed by atoms with Gasteiger partial charge in [0.15, 0.2) is 0 Å². The Labute approximate surface area is 309 Å². The van der Waals surface area contributed by atoms with Crippen molar-refractivity contribution in [3.8, 4) is 11.1 Å². The second-order valence-corrected chi connectivity index (χ2v) is 17.0. The molecule has 4 fully saturated rings. The van der Waals surface area contributed by atoms with Crippen LogP contribution in [-0.2, 0) is 0 Å². The van der Waals surface area contributed by atoms with Crippen LogP contribution < -0.4 is 9.80 Å². The lowest BCUT2D eigenvalue weighted by Crippen LogP contribution is -2.42. The molecule has 8 unspecified atom stereocenters. The zero-order chi connectivity index (χ0) is 34.2. The van der Waals surface area contributed by atoms with E-state index in [0.29, 0.717) is 18.0 Å². The van der Waals surface area contributed by atoms with E-state index >= 15 is 0 Å². The normalized spacial score (nSPS) is 29.5. The minimum Gasteiger partial charge on any atom is -0.365 e. The zero-order valence-corrected chi connectivity index (χ0v) is 30.3. The van der Waals surface area contributed by atoms with Gasteiger partial charge in [-0.25, -0.2) is 0 Å². The van der Waals surface area contributed by atoms with Crippen molar-refractivity contribution in [3.05, 3.63) is 139 Å². The summed E-state index contributed by atoms with van der Waals surface area (Å²) < 4.78 is 0. The maximum Gasteiger partial charge on any atom is 0.0449 e. The van der Waals surface area contributed by atoms with Gasteiger partial charge in [0.05, 0.1) is 0 Å². The van der Waals surface area contributed by atoms with Crippen LogP contribution in [0.2, 0.25) is 0 Å². The molecule has 52 heavy (non-hydrogen) atoms. The van der Waals surface area contributed by atoms with Crippen molar-refractivity contribution in [2.45, 2.75) is 88.3 Å². The highest BCUT2D eigenvalue weighted by Gasteiger charge is 2.53. The number of hydrogen-bond acceptors (Lipinski definition) is 2. The second-order valence-electron chi connectivity index (χ2n) is 17.0. The number of hydrogen-bond donors (Lipinski definition) is 0. The topological polar surface area (TPSA) is 6.48 Å².